The minimum absolute atomic E-state index is 0.258. The third kappa shape index (κ3) is 4.49. The number of pyridine rings is 2. The van der Waals surface area contributed by atoms with Crippen molar-refractivity contribution in [1.29, 1.82) is 5.26 Å². The summed E-state index contributed by atoms with van der Waals surface area (Å²) in [5.74, 6) is 0.665. The summed E-state index contributed by atoms with van der Waals surface area (Å²) >= 11 is 0. The Morgan fingerprint density at radius 1 is 1.10 bits per heavy atom. The highest BCUT2D eigenvalue weighted by Gasteiger charge is 2.10. The first kappa shape index (κ1) is 19.6. The van der Waals surface area contributed by atoms with E-state index in [2.05, 4.69) is 15.4 Å². The Bertz CT molecular complexity index is 1350. The van der Waals surface area contributed by atoms with Crippen molar-refractivity contribution in [3.63, 3.8) is 0 Å². The molecule has 3 aromatic heterocycles. The summed E-state index contributed by atoms with van der Waals surface area (Å²) in [6.07, 6.45) is 6.20. The SMILES string of the molecule is Cn1cc(-n2cc(C(=O)Nc3ccc(Oc4ccnc(C#N)c4)cc3)ccc2=O)cn1. The first-order valence-corrected chi connectivity index (χ1v) is 9.19. The normalized spacial score (nSPS) is 10.3. The molecule has 1 amide bonds. The number of amides is 1. The topological polar surface area (TPSA) is 115 Å². The molecule has 4 rings (SSSR count). The average Bonchev–Trinajstić information content (AvgIpc) is 3.21. The molecule has 3 heterocycles. The first-order valence-electron chi connectivity index (χ1n) is 9.19. The molecule has 0 saturated heterocycles. The number of rotatable bonds is 5. The van der Waals surface area contributed by atoms with E-state index >= 15 is 0 Å². The maximum absolute atomic E-state index is 12.6. The Morgan fingerprint density at radius 3 is 2.61 bits per heavy atom. The number of ether oxygens (including phenoxy) is 1. The largest absolute Gasteiger partial charge is 0.457 e. The second-order valence-electron chi connectivity index (χ2n) is 6.57. The standard InChI is InChI=1S/C22H16N6O3/c1-27-14-18(12-25-27)28-13-15(2-7-21(28)29)22(30)26-16-3-5-19(6-4-16)31-20-8-9-24-17(10-20)11-23/h2-10,12-14H,1H3,(H,26,30). The van der Waals surface area contributed by atoms with Crippen molar-refractivity contribution in [1.82, 2.24) is 19.3 Å². The van der Waals surface area contributed by atoms with E-state index in [1.165, 1.54) is 35.2 Å². The molecule has 9 heteroatoms. The van der Waals surface area contributed by atoms with Crippen molar-refractivity contribution in [2.24, 2.45) is 7.05 Å². The van der Waals surface area contributed by atoms with Crippen LogP contribution in [0.1, 0.15) is 16.1 Å². The van der Waals surface area contributed by atoms with Gasteiger partial charge in [-0.3, -0.25) is 18.8 Å². The van der Waals surface area contributed by atoms with Crippen LogP contribution in [0.4, 0.5) is 5.69 Å². The van der Waals surface area contributed by atoms with Gasteiger partial charge in [0.25, 0.3) is 11.5 Å². The molecule has 0 aliphatic carbocycles. The molecule has 31 heavy (non-hydrogen) atoms. The van der Waals surface area contributed by atoms with Crippen molar-refractivity contribution in [3.05, 3.63) is 94.9 Å². The van der Waals surface area contributed by atoms with Crippen molar-refractivity contribution in [2.75, 3.05) is 5.32 Å². The van der Waals surface area contributed by atoms with Gasteiger partial charge in [-0.25, -0.2) is 4.98 Å². The number of carbonyl (C=O) groups is 1. The molecule has 0 bridgehead atoms. The molecule has 0 fully saturated rings. The molecule has 1 N–H and O–H groups in total. The lowest BCUT2D eigenvalue weighted by Crippen LogP contribution is -2.20. The zero-order chi connectivity index (χ0) is 21.8. The highest BCUT2D eigenvalue weighted by Crippen LogP contribution is 2.23. The van der Waals surface area contributed by atoms with E-state index in [4.69, 9.17) is 10.00 Å². The Balaban J connectivity index is 1.48. The molecule has 0 radical (unpaired) electrons. The second-order valence-corrected chi connectivity index (χ2v) is 6.57. The van der Waals surface area contributed by atoms with Crippen LogP contribution in [0, 0.1) is 11.3 Å². The van der Waals surface area contributed by atoms with Gasteiger partial charge in [-0.1, -0.05) is 0 Å². The van der Waals surface area contributed by atoms with Gasteiger partial charge >= 0.3 is 0 Å². The van der Waals surface area contributed by atoms with E-state index in [9.17, 15) is 9.59 Å². The van der Waals surface area contributed by atoms with E-state index in [0.29, 0.717) is 28.4 Å². The highest BCUT2D eigenvalue weighted by molar-refractivity contribution is 6.04. The lowest BCUT2D eigenvalue weighted by molar-refractivity contribution is 0.102. The summed E-state index contributed by atoms with van der Waals surface area (Å²) in [5, 5.41) is 15.7. The number of nitriles is 1. The van der Waals surface area contributed by atoms with Gasteiger partial charge in [-0.05, 0) is 36.4 Å². The number of hydrogen-bond acceptors (Lipinski definition) is 6. The summed E-state index contributed by atoms with van der Waals surface area (Å²) in [6.45, 7) is 0. The van der Waals surface area contributed by atoms with Gasteiger partial charge in [0.1, 0.15) is 23.3 Å². The third-order valence-electron chi connectivity index (χ3n) is 4.34. The summed E-state index contributed by atoms with van der Waals surface area (Å²) in [7, 11) is 1.75. The number of aryl methyl sites for hydroxylation is 1. The maximum Gasteiger partial charge on any atom is 0.257 e. The second kappa shape index (κ2) is 8.34. The van der Waals surface area contributed by atoms with Crippen LogP contribution in [0.5, 0.6) is 11.5 Å². The molecule has 0 spiro atoms. The average molecular weight is 412 g/mol. The summed E-state index contributed by atoms with van der Waals surface area (Å²) in [6, 6.07) is 14.7. The van der Waals surface area contributed by atoms with Gasteiger partial charge in [0.2, 0.25) is 0 Å². The number of carbonyl (C=O) groups excluding carboxylic acids is 1. The fraction of sp³-hybridized carbons (Fsp3) is 0.0455. The molecule has 0 saturated carbocycles. The maximum atomic E-state index is 12.6. The molecule has 1 aromatic carbocycles. The van der Waals surface area contributed by atoms with Crippen molar-refractivity contribution in [3.8, 4) is 23.3 Å². The minimum atomic E-state index is -0.362. The Morgan fingerprint density at radius 2 is 1.90 bits per heavy atom. The monoisotopic (exact) mass is 412 g/mol. The summed E-state index contributed by atoms with van der Waals surface area (Å²) < 4.78 is 8.63. The van der Waals surface area contributed by atoms with Crippen molar-refractivity contribution < 1.29 is 9.53 Å². The van der Waals surface area contributed by atoms with Crippen molar-refractivity contribution in [2.45, 2.75) is 0 Å². The van der Waals surface area contributed by atoms with E-state index < -0.39 is 0 Å². The molecule has 0 atom stereocenters. The molecular formula is C22H16N6O3. The van der Waals surface area contributed by atoms with Crippen LogP contribution in [-0.4, -0.2) is 25.2 Å². The highest BCUT2D eigenvalue weighted by atomic mass is 16.5. The molecule has 0 unspecified atom stereocenters. The van der Waals surface area contributed by atoms with Crippen LogP contribution >= 0.6 is 0 Å². The predicted molar refractivity (Wildman–Crippen MR) is 112 cm³/mol. The van der Waals surface area contributed by atoms with Gasteiger partial charge in [0.05, 0.1) is 17.4 Å². The molecule has 9 nitrogen and oxygen atoms in total. The number of nitrogens with zero attached hydrogens (tertiary/aromatic N) is 5. The number of hydrogen-bond donors (Lipinski definition) is 1. The van der Waals surface area contributed by atoms with Crippen LogP contribution < -0.4 is 15.6 Å². The molecule has 152 valence electrons. The summed E-state index contributed by atoms with van der Waals surface area (Å²) in [5.41, 5.74) is 1.45. The molecule has 4 aromatic rings. The Labute approximate surface area is 176 Å². The van der Waals surface area contributed by atoms with Gasteiger partial charge in [0, 0.05) is 43.5 Å². The van der Waals surface area contributed by atoms with Gasteiger partial charge < -0.3 is 10.1 Å². The predicted octanol–water partition coefficient (Wildman–Crippen LogP) is 2.88. The lowest BCUT2D eigenvalue weighted by atomic mass is 10.2. The van der Waals surface area contributed by atoms with E-state index in [1.807, 2.05) is 6.07 Å². The van der Waals surface area contributed by atoms with E-state index in [0.717, 1.165) is 0 Å². The third-order valence-corrected chi connectivity index (χ3v) is 4.34. The smallest absolute Gasteiger partial charge is 0.257 e. The zero-order valence-electron chi connectivity index (χ0n) is 16.4. The fourth-order valence-corrected chi connectivity index (χ4v) is 2.84. The van der Waals surface area contributed by atoms with Crippen LogP contribution in [-0.2, 0) is 7.05 Å². The van der Waals surface area contributed by atoms with E-state index in [-0.39, 0.29) is 17.2 Å². The number of anilines is 1. The molecular weight excluding hydrogens is 396 g/mol. The summed E-state index contributed by atoms with van der Waals surface area (Å²) in [4.78, 5) is 28.7. The Kier molecular flexibility index (Phi) is 5.27. The van der Waals surface area contributed by atoms with Crippen molar-refractivity contribution >= 4 is 11.6 Å². The van der Waals surface area contributed by atoms with Gasteiger partial charge in [0.15, 0.2) is 0 Å². The van der Waals surface area contributed by atoms with Crippen LogP contribution in [0.3, 0.4) is 0 Å². The Hall–Kier alpha value is -4.71. The quantitative estimate of drug-likeness (QED) is 0.539. The van der Waals surface area contributed by atoms with Gasteiger partial charge in [-0.2, -0.15) is 10.4 Å². The fourth-order valence-electron chi connectivity index (χ4n) is 2.84. The molecule has 0 aliphatic heterocycles. The number of nitrogens with one attached hydrogen (secondary N) is 1. The lowest BCUT2D eigenvalue weighted by Gasteiger charge is -2.09. The minimum Gasteiger partial charge on any atom is -0.457 e. The molecule has 0 aliphatic rings. The number of benzene rings is 1. The van der Waals surface area contributed by atoms with E-state index in [1.54, 1.807) is 54.5 Å². The van der Waals surface area contributed by atoms with Crippen LogP contribution in [0.25, 0.3) is 5.69 Å². The zero-order valence-corrected chi connectivity index (χ0v) is 16.4. The van der Waals surface area contributed by atoms with Crippen LogP contribution in [0.2, 0.25) is 0 Å². The van der Waals surface area contributed by atoms with Crippen LogP contribution in [0.15, 0.2) is 78.1 Å². The van der Waals surface area contributed by atoms with Gasteiger partial charge in [-0.15, -0.1) is 0 Å². The first-order chi connectivity index (χ1) is 15.0. The number of aromatic nitrogens is 4.